The quantitative estimate of drug-likeness (QED) is 0.623. The highest BCUT2D eigenvalue weighted by atomic mass is 19.4. The van der Waals surface area contributed by atoms with Gasteiger partial charge in [-0.3, -0.25) is 0 Å². The molecule has 0 spiro atoms. The normalized spacial score (nSPS) is 11.0. The lowest BCUT2D eigenvalue weighted by atomic mass is 10.1. The van der Waals surface area contributed by atoms with Crippen molar-refractivity contribution in [1.29, 1.82) is 0 Å². The number of terminal acetylenes is 1. The van der Waals surface area contributed by atoms with Crippen LogP contribution in [0.2, 0.25) is 0 Å². The number of hydrogen-bond acceptors (Lipinski definition) is 1. The predicted octanol–water partition coefficient (Wildman–Crippen LogP) is 3.84. The molecule has 0 saturated heterocycles. The molecule has 17 heavy (non-hydrogen) atoms. The van der Waals surface area contributed by atoms with Gasteiger partial charge in [0.25, 0.3) is 0 Å². The summed E-state index contributed by atoms with van der Waals surface area (Å²) in [4.78, 5) is 0. The molecule has 0 radical (unpaired) electrons. The fourth-order valence-electron chi connectivity index (χ4n) is 1.40. The van der Waals surface area contributed by atoms with Crippen molar-refractivity contribution in [3.63, 3.8) is 0 Å². The predicted molar refractivity (Wildman–Crippen MR) is 62.7 cm³/mol. The number of alkyl halides is 3. The van der Waals surface area contributed by atoms with Crippen molar-refractivity contribution in [2.24, 2.45) is 0 Å². The van der Waals surface area contributed by atoms with Crippen molar-refractivity contribution in [2.45, 2.75) is 25.9 Å². The number of halogens is 3. The first-order chi connectivity index (χ1) is 7.95. The Balaban J connectivity index is 2.74. The number of rotatable bonds is 4. The zero-order valence-electron chi connectivity index (χ0n) is 9.56. The maximum atomic E-state index is 12.5. The molecule has 0 fully saturated rings. The van der Waals surface area contributed by atoms with E-state index in [2.05, 4.69) is 11.2 Å². The van der Waals surface area contributed by atoms with Gasteiger partial charge in [-0.2, -0.15) is 13.2 Å². The van der Waals surface area contributed by atoms with Crippen molar-refractivity contribution in [2.75, 3.05) is 11.9 Å². The molecule has 0 aromatic heterocycles. The summed E-state index contributed by atoms with van der Waals surface area (Å²) >= 11 is 0. The number of anilines is 1. The van der Waals surface area contributed by atoms with Crippen LogP contribution in [0.25, 0.3) is 0 Å². The summed E-state index contributed by atoms with van der Waals surface area (Å²) < 4.78 is 37.5. The fraction of sp³-hybridized carbons (Fsp3) is 0.385. The fourth-order valence-corrected chi connectivity index (χ4v) is 1.40. The van der Waals surface area contributed by atoms with Gasteiger partial charge in [0, 0.05) is 18.7 Å². The van der Waals surface area contributed by atoms with Gasteiger partial charge >= 0.3 is 6.18 Å². The number of unbranched alkanes of at least 4 members (excludes halogenated alkanes) is 1. The Morgan fingerprint density at radius 3 is 2.65 bits per heavy atom. The lowest BCUT2D eigenvalue weighted by molar-refractivity contribution is -0.137. The van der Waals surface area contributed by atoms with E-state index in [-0.39, 0.29) is 0 Å². The summed E-state index contributed by atoms with van der Waals surface area (Å²) in [5.41, 5.74) is 0.665. The smallest absolute Gasteiger partial charge is 0.385 e. The minimum absolute atomic E-state index is 0.511. The van der Waals surface area contributed by atoms with E-state index in [1.54, 1.807) is 6.92 Å². The van der Waals surface area contributed by atoms with Crippen molar-refractivity contribution in [1.82, 2.24) is 0 Å². The van der Waals surface area contributed by atoms with Crippen molar-refractivity contribution in [3.8, 4) is 12.3 Å². The zero-order valence-corrected chi connectivity index (χ0v) is 9.56. The Bertz CT molecular complexity index is 416. The van der Waals surface area contributed by atoms with Gasteiger partial charge in [0.2, 0.25) is 0 Å². The average Bonchev–Trinajstić information content (AvgIpc) is 2.25. The number of benzene rings is 1. The SMILES string of the molecule is C#CCCCNc1cc(C(F)(F)F)ccc1C. The Hall–Kier alpha value is -1.63. The van der Waals surface area contributed by atoms with E-state index in [4.69, 9.17) is 6.42 Å². The van der Waals surface area contributed by atoms with Crippen LogP contribution in [0.5, 0.6) is 0 Å². The van der Waals surface area contributed by atoms with Crippen LogP contribution in [-0.2, 0) is 6.18 Å². The van der Waals surface area contributed by atoms with E-state index < -0.39 is 11.7 Å². The Labute approximate surface area is 99.0 Å². The standard InChI is InChI=1S/C13H14F3N/c1-3-4-5-8-17-12-9-11(13(14,15)16)7-6-10(12)2/h1,6-7,9,17H,4-5,8H2,2H3. The minimum Gasteiger partial charge on any atom is -0.385 e. The van der Waals surface area contributed by atoms with Crippen LogP contribution in [0.1, 0.15) is 24.0 Å². The second-order valence-corrected chi connectivity index (χ2v) is 3.76. The molecule has 92 valence electrons. The molecule has 0 heterocycles. The molecule has 0 aliphatic rings. The molecule has 0 atom stereocenters. The van der Waals surface area contributed by atoms with Crippen molar-refractivity contribution < 1.29 is 13.2 Å². The molecule has 1 aromatic carbocycles. The highest BCUT2D eigenvalue weighted by Crippen LogP contribution is 2.31. The molecule has 0 amide bonds. The van der Waals surface area contributed by atoms with Gasteiger partial charge in [0.1, 0.15) is 0 Å². The van der Waals surface area contributed by atoms with Crippen LogP contribution < -0.4 is 5.32 Å². The van der Waals surface area contributed by atoms with Crippen LogP contribution in [0.15, 0.2) is 18.2 Å². The molecule has 0 unspecified atom stereocenters. The summed E-state index contributed by atoms with van der Waals surface area (Å²) in [5.74, 6) is 2.48. The van der Waals surface area contributed by atoms with E-state index in [0.29, 0.717) is 18.7 Å². The topological polar surface area (TPSA) is 12.0 Å². The summed E-state index contributed by atoms with van der Waals surface area (Å²) in [6.45, 7) is 2.34. The highest BCUT2D eigenvalue weighted by Gasteiger charge is 2.30. The van der Waals surface area contributed by atoms with Gasteiger partial charge in [0.15, 0.2) is 0 Å². The summed E-state index contributed by atoms with van der Waals surface area (Å²) in [6.07, 6.45) is 2.15. The first kappa shape index (κ1) is 13.4. The Morgan fingerprint density at radius 1 is 1.35 bits per heavy atom. The summed E-state index contributed by atoms with van der Waals surface area (Å²) in [5, 5.41) is 2.96. The van der Waals surface area contributed by atoms with Crippen molar-refractivity contribution in [3.05, 3.63) is 29.3 Å². The van der Waals surface area contributed by atoms with Crippen molar-refractivity contribution >= 4 is 5.69 Å². The van der Waals surface area contributed by atoms with Gasteiger partial charge in [-0.15, -0.1) is 12.3 Å². The van der Waals surface area contributed by atoms with Crippen LogP contribution >= 0.6 is 0 Å². The molecular weight excluding hydrogens is 227 g/mol. The van der Waals surface area contributed by atoms with Crippen LogP contribution in [0.4, 0.5) is 18.9 Å². The van der Waals surface area contributed by atoms with E-state index >= 15 is 0 Å². The molecular formula is C13H14F3N. The maximum Gasteiger partial charge on any atom is 0.416 e. The molecule has 0 aliphatic heterocycles. The lowest BCUT2D eigenvalue weighted by Crippen LogP contribution is -2.08. The van der Waals surface area contributed by atoms with Gasteiger partial charge < -0.3 is 5.32 Å². The molecule has 1 aromatic rings. The van der Waals surface area contributed by atoms with E-state index in [1.165, 1.54) is 6.07 Å². The third-order valence-electron chi connectivity index (χ3n) is 2.38. The zero-order chi connectivity index (χ0) is 12.9. The molecule has 1 nitrogen and oxygen atoms in total. The van der Waals surface area contributed by atoms with E-state index in [0.717, 1.165) is 24.1 Å². The first-order valence-electron chi connectivity index (χ1n) is 5.30. The highest BCUT2D eigenvalue weighted by molar-refractivity contribution is 5.53. The average molecular weight is 241 g/mol. The molecule has 4 heteroatoms. The minimum atomic E-state index is -4.30. The third kappa shape index (κ3) is 4.03. The Kier molecular flexibility index (Phi) is 4.45. The largest absolute Gasteiger partial charge is 0.416 e. The summed E-state index contributed by atoms with van der Waals surface area (Å²) in [6, 6.07) is 3.68. The van der Waals surface area contributed by atoms with Gasteiger partial charge in [-0.05, 0) is 31.0 Å². The first-order valence-corrected chi connectivity index (χ1v) is 5.30. The molecule has 0 saturated carbocycles. The van der Waals surface area contributed by atoms with Gasteiger partial charge in [-0.1, -0.05) is 6.07 Å². The van der Waals surface area contributed by atoms with Crippen LogP contribution in [0, 0.1) is 19.3 Å². The maximum absolute atomic E-state index is 12.5. The monoisotopic (exact) mass is 241 g/mol. The molecule has 0 aliphatic carbocycles. The lowest BCUT2D eigenvalue weighted by Gasteiger charge is -2.12. The molecule has 1 rings (SSSR count). The number of nitrogens with one attached hydrogen (secondary N) is 1. The van der Waals surface area contributed by atoms with Gasteiger partial charge in [0.05, 0.1) is 5.56 Å². The van der Waals surface area contributed by atoms with E-state index in [9.17, 15) is 13.2 Å². The number of hydrogen-bond donors (Lipinski definition) is 1. The van der Waals surface area contributed by atoms with Crippen LogP contribution in [-0.4, -0.2) is 6.54 Å². The number of aryl methyl sites for hydroxylation is 1. The second kappa shape index (κ2) is 5.62. The third-order valence-corrected chi connectivity index (χ3v) is 2.38. The van der Waals surface area contributed by atoms with Crippen LogP contribution in [0.3, 0.4) is 0 Å². The van der Waals surface area contributed by atoms with E-state index in [1.807, 2.05) is 0 Å². The second-order valence-electron chi connectivity index (χ2n) is 3.76. The summed E-state index contributed by atoms with van der Waals surface area (Å²) in [7, 11) is 0. The van der Waals surface area contributed by atoms with Gasteiger partial charge in [-0.25, -0.2) is 0 Å². The molecule has 1 N–H and O–H groups in total. The Morgan fingerprint density at radius 2 is 2.06 bits per heavy atom. The molecule has 0 bridgehead atoms.